The van der Waals surface area contributed by atoms with E-state index >= 15 is 8.78 Å². The molecule has 1 unspecified atom stereocenters. The third-order valence-electron chi connectivity index (χ3n) is 20.6. The Bertz CT molecular complexity index is 6120. The second kappa shape index (κ2) is 24.0. The number of aryl methyl sites for hydroxylation is 3. The van der Waals surface area contributed by atoms with Crippen molar-refractivity contribution in [2.24, 2.45) is 0 Å². The summed E-state index contributed by atoms with van der Waals surface area (Å²) >= 11 is 0. The summed E-state index contributed by atoms with van der Waals surface area (Å²) in [5.74, 6) is -0.822. The third-order valence-corrected chi connectivity index (χ3v) is 20.6. The van der Waals surface area contributed by atoms with Gasteiger partial charge in [0.1, 0.15) is 28.4 Å². The molecule has 0 radical (unpaired) electrons. The quantitative estimate of drug-likeness (QED) is 0.0714. The number of nitrogens with zero attached hydrogens (tertiary/aromatic N) is 2. The van der Waals surface area contributed by atoms with E-state index < -0.39 is 11.6 Å². The number of furan rings is 2. The van der Waals surface area contributed by atoms with Gasteiger partial charge in [-0.3, -0.25) is 0 Å². The summed E-state index contributed by atoms with van der Waals surface area (Å²) < 4.78 is 55.0. The lowest BCUT2D eigenvalue weighted by molar-refractivity contribution is 0.580. The molecule has 0 bridgehead atoms. The van der Waals surface area contributed by atoms with Crippen LogP contribution in [0.3, 0.4) is 0 Å². The minimum Gasteiger partial charge on any atom is -0.456 e. The van der Waals surface area contributed by atoms with E-state index in [2.05, 4.69) is 218 Å². The highest BCUT2D eigenvalue weighted by atomic mass is 19.1. The summed E-state index contributed by atoms with van der Waals surface area (Å²) in [6.45, 7) is 16.7. The molecule has 6 heteroatoms. The third kappa shape index (κ3) is 9.83. The van der Waals surface area contributed by atoms with E-state index in [0.29, 0.717) is 40.7 Å². The molecule has 17 aromatic rings. The molecule has 0 aliphatic rings. The van der Waals surface area contributed by atoms with Crippen LogP contribution in [0.2, 0.25) is 0 Å². The maximum absolute atomic E-state index is 18.4. The smallest absolute Gasteiger partial charge is 0.160 e. The zero-order chi connectivity index (χ0) is 65.6. The van der Waals surface area contributed by atoms with Crippen molar-refractivity contribution in [3.05, 3.63) is 336 Å². The fraction of sp³-hybridized carbons (Fsp3) is 0.0989. The predicted molar refractivity (Wildman–Crippen MR) is 404 cm³/mol. The standard InChI is InChI=1S/C91H68F2N2O2/c1-55(63-30-8-10-33-67(63)64-48-50-75-72-38-16-22-46-85(72)96-90(75)58(64)4)52-78(57(3)87-60(28-25-42-81(87)93)27-24-29-62-54-61-26-6-7-31-65(61)68-34-11-9-32-66(62)68)88(77-40-12-18-41-80(77)92)79(53-56(2)94-82-43-19-13-35-69(82)70-36-14-20-44-83(70)94)59(5)95-84-45-21-15-37-71(84)74-49-51-76-73-39-17-23-47-86(73)97-91(76)89(74)95/h6-23,25-26,28,30-51,54,56H,1,3,24,27,29,52-53H2,2,4-5H3/b79-59+,88-78-. The molecule has 13 aromatic carbocycles. The zero-order valence-corrected chi connectivity index (χ0v) is 54.4. The molecule has 0 saturated heterocycles. The summed E-state index contributed by atoms with van der Waals surface area (Å²) in [5, 5.41) is 13.3. The number of aromatic nitrogens is 2. The molecule has 0 spiro atoms. The van der Waals surface area contributed by atoms with Crippen LogP contribution in [-0.2, 0) is 12.8 Å². The van der Waals surface area contributed by atoms with Gasteiger partial charge in [0.25, 0.3) is 0 Å². The molecule has 0 fully saturated rings. The SMILES string of the molecule is C=C(C/C(C(=C)c1c(F)cccc1CCCc1cc2ccccc2c2ccccc12)=C(/C(CC(C)n1c2ccccc2c2ccccc21)=C(\C)n1c2ccccc2c2ccc3c4ccccc4oc3c21)c1ccccc1F)c1ccccc1-c1ccc2c(oc3ccccc32)c1C. The van der Waals surface area contributed by atoms with Crippen LogP contribution >= 0.6 is 0 Å². The van der Waals surface area contributed by atoms with Crippen LogP contribution < -0.4 is 0 Å². The van der Waals surface area contributed by atoms with Crippen LogP contribution in [-0.4, -0.2) is 9.13 Å². The van der Waals surface area contributed by atoms with Gasteiger partial charge in [-0.1, -0.05) is 225 Å². The van der Waals surface area contributed by atoms with Gasteiger partial charge in [0.15, 0.2) is 5.58 Å². The Balaban J connectivity index is 0.930. The highest BCUT2D eigenvalue weighted by Gasteiger charge is 2.31. The van der Waals surface area contributed by atoms with E-state index in [1.807, 2.05) is 60.7 Å². The van der Waals surface area contributed by atoms with E-state index in [9.17, 15) is 0 Å². The maximum atomic E-state index is 18.4. The first kappa shape index (κ1) is 59.2. The largest absolute Gasteiger partial charge is 0.456 e. The summed E-state index contributed by atoms with van der Waals surface area (Å²) in [5.41, 5.74) is 18.1. The van der Waals surface area contributed by atoms with E-state index in [1.54, 1.807) is 18.2 Å². The van der Waals surface area contributed by atoms with Crippen LogP contribution in [0, 0.1) is 18.6 Å². The normalized spacial score (nSPS) is 13.0. The predicted octanol–water partition coefficient (Wildman–Crippen LogP) is 25.6. The van der Waals surface area contributed by atoms with Crippen molar-refractivity contribution in [2.75, 3.05) is 0 Å². The minimum absolute atomic E-state index is 0.157. The second-order valence-corrected chi connectivity index (χ2v) is 26.1. The van der Waals surface area contributed by atoms with Gasteiger partial charge in [0.2, 0.25) is 0 Å². The van der Waals surface area contributed by atoms with E-state index in [0.717, 1.165) is 145 Å². The summed E-state index contributed by atoms with van der Waals surface area (Å²) in [7, 11) is 0. The van der Waals surface area contributed by atoms with Gasteiger partial charge < -0.3 is 18.0 Å². The molecule has 4 nitrogen and oxygen atoms in total. The van der Waals surface area contributed by atoms with Crippen molar-refractivity contribution in [3.8, 4) is 11.1 Å². The number of para-hydroxylation sites is 5. The summed E-state index contributed by atoms with van der Waals surface area (Å²) in [6, 6.07) is 90.9. The molecule has 0 aliphatic heterocycles. The molecule has 0 saturated carbocycles. The Morgan fingerprint density at radius 3 is 1.68 bits per heavy atom. The maximum Gasteiger partial charge on any atom is 0.160 e. The van der Waals surface area contributed by atoms with Crippen molar-refractivity contribution >= 4 is 131 Å². The summed E-state index contributed by atoms with van der Waals surface area (Å²) in [4.78, 5) is 0. The number of halogens is 2. The molecule has 4 heterocycles. The molecule has 17 rings (SSSR count). The van der Waals surface area contributed by atoms with Gasteiger partial charge in [-0.2, -0.15) is 0 Å². The van der Waals surface area contributed by atoms with Crippen molar-refractivity contribution in [2.45, 2.75) is 58.9 Å². The fourth-order valence-corrected chi connectivity index (χ4v) is 16.1. The van der Waals surface area contributed by atoms with Gasteiger partial charge in [0, 0.05) is 82.6 Å². The monoisotopic (exact) mass is 1260 g/mol. The van der Waals surface area contributed by atoms with Crippen molar-refractivity contribution < 1.29 is 17.6 Å². The number of hydrogen-bond acceptors (Lipinski definition) is 2. The Hall–Kier alpha value is -11.6. The summed E-state index contributed by atoms with van der Waals surface area (Å²) in [6.07, 6.45) is 2.58. The first-order chi connectivity index (χ1) is 47.6. The molecule has 0 N–H and O–H groups in total. The first-order valence-electron chi connectivity index (χ1n) is 33.6. The lowest BCUT2D eigenvalue weighted by Gasteiger charge is -2.28. The van der Waals surface area contributed by atoms with E-state index in [4.69, 9.17) is 22.0 Å². The molecular weight excluding hydrogens is 1190 g/mol. The molecule has 0 aliphatic carbocycles. The number of benzene rings is 13. The van der Waals surface area contributed by atoms with E-state index in [-0.39, 0.29) is 12.5 Å². The van der Waals surface area contributed by atoms with Gasteiger partial charge in [-0.05, 0) is 185 Å². The molecular formula is C91H68F2N2O2. The lowest BCUT2D eigenvalue weighted by Crippen LogP contribution is -2.12. The second-order valence-electron chi connectivity index (χ2n) is 26.1. The van der Waals surface area contributed by atoms with Crippen molar-refractivity contribution in [1.82, 2.24) is 9.13 Å². The van der Waals surface area contributed by atoms with Crippen LogP contribution in [0.1, 0.15) is 72.5 Å². The van der Waals surface area contributed by atoms with Gasteiger partial charge in [-0.15, -0.1) is 0 Å². The molecule has 1 atom stereocenters. The highest BCUT2D eigenvalue weighted by Crippen LogP contribution is 2.50. The minimum atomic E-state index is -0.420. The molecule has 4 aromatic heterocycles. The van der Waals surface area contributed by atoms with Gasteiger partial charge in [-0.25, -0.2) is 8.78 Å². The highest BCUT2D eigenvalue weighted by molar-refractivity contribution is 6.22. The Morgan fingerprint density at radius 2 is 0.969 bits per heavy atom. The van der Waals surface area contributed by atoms with E-state index in [1.165, 1.54) is 27.1 Å². The lowest BCUT2D eigenvalue weighted by atomic mass is 9.79. The fourth-order valence-electron chi connectivity index (χ4n) is 16.1. The first-order valence-corrected chi connectivity index (χ1v) is 33.6. The van der Waals surface area contributed by atoms with Crippen LogP contribution in [0.4, 0.5) is 8.78 Å². The van der Waals surface area contributed by atoms with Crippen LogP contribution in [0.25, 0.3) is 143 Å². The molecule has 468 valence electrons. The van der Waals surface area contributed by atoms with Gasteiger partial charge in [0.05, 0.1) is 11.0 Å². The molecule has 0 amide bonds. The van der Waals surface area contributed by atoms with Crippen LogP contribution in [0.15, 0.2) is 300 Å². The number of allylic oxidation sites excluding steroid dienone is 6. The van der Waals surface area contributed by atoms with Gasteiger partial charge >= 0.3 is 0 Å². The zero-order valence-electron chi connectivity index (χ0n) is 54.4. The van der Waals surface area contributed by atoms with Crippen LogP contribution in [0.5, 0.6) is 0 Å². The molecule has 97 heavy (non-hydrogen) atoms. The van der Waals surface area contributed by atoms with Crippen molar-refractivity contribution in [1.29, 1.82) is 0 Å². The van der Waals surface area contributed by atoms with Crippen molar-refractivity contribution in [3.63, 3.8) is 0 Å². The number of rotatable bonds is 16. The Labute approximate surface area is 561 Å². The number of fused-ring (bicyclic) bond motifs is 16. The average Bonchev–Trinajstić information content (AvgIpc) is 1.57. The average molecular weight is 1260 g/mol. The number of hydrogen-bond donors (Lipinski definition) is 0. The topological polar surface area (TPSA) is 36.1 Å². The Morgan fingerprint density at radius 1 is 0.443 bits per heavy atom. The Kier molecular flexibility index (Phi) is 14.6.